The largest absolute Gasteiger partial charge is 0.145 e. The second kappa shape index (κ2) is 7.37. The van der Waals surface area contributed by atoms with Crippen molar-refractivity contribution in [1.29, 1.82) is 0 Å². The Morgan fingerprint density at radius 2 is 0.444 bits per heavy atom. The van der Waals surface area contributed by atoms with Gasteiger partial charge in [0.25, 0.3) is 0 Å². The molecule has 0 N–H and O–H groups in total. The summed E-state index contributed by atoms with van der Waals surface area (Å²) in [6.45, 7) is 19.1. The maximum atomic E-state index is 2.32. The van der Waals surface area contributed by atoms with E-state index in [9.17, 15) is 0 Å². The zero-order chi connectivity index (χ0) is 13.7. The monoisotopic (exact) mass is 258 g/mol. The molecular formula is C12H30N6. The summed E-state index contributed by atoms with van der Waals surface area (Å²) in [5, 5.41) is 13.9. The molecule has 0 aromatic heterocycles. The van der Waals surface area contributed by atoms with Gasteiger partial charge in [-0.25, -0.2) is 0 Å². The lowest BCUT2D eigenvalue weighted by atomic mass is 10.6. The van der Waals surface area contributed by atoms with E-state index in [1.54, 1.807) is 0 Å². The van der Waals surface area contributed by atoms with Crippen LogP contribution in [-0.2, 0) is 0 Å². The molecule has 0 spiro atoms. The second-order valence-electron chi connectivity index (χ2n) is 4.13. The highest BCUT2D eigenvalue weighted by Gasteiger charge is 2.38. The molecule has 0 radical (unpaired) electrons. The van der Waals surface area contributed by atoms with Crippen molar-refractivity contribution in [2.75, 3.05) is 39.3 Å². The molecule has 1 aliphatic rings. The van der Waals surface area contributed by atoms with E-state index < -0.39 is 0 Å². The van der Waals surface area contributed by atoms with Crippen molar-refractivity contribution in [2.24, 2.45) is 0 Å². The first-order valence-corrected chi connectivity index (χ1v) is 7.34. The molecule has 18 heavy (non-hydrogen) atoms. The minimum Gasteiger partial charge on any atom is -0.145 e. The molecule has 0 bridgehead atoms. The van der Waals surface area contributed by atoms with Gasteiger partial charge in [0, 0.05) is 39.3 Å². The molecule has 108 valence electrons. The average Bonchev–Trinajstić information content (AvgIpc) is 2.43. The quantitative estimate of drug-likeness (QED) is 0.712. The molecule has 1 saturated heterocycles. The SMILES string of the molecule is CCN1N(CC)N(CC)N(CC)N(CC)N1CC. The van der Waals surface area contributed by atoms with Gasteiger partial charge in [-0.2, -0.15) is 0 Å². The lowest BCUT2D eigenvalue weighted by Crippen LogP contribution is -2.77. The van der Waals surface area contributed by atoms with Crippen LogP contribution >= 0.6 is 0 Å². The summed E-state index contributed by atoms with van der Waals surface area (Å²) in [7, 11) is 0. The number of hydrogen-bond donors (Lipinski definition) is 0. The standard InChI is InChI=1S/C12H30N6/c1-7-13-14(8-2)16(10-4)18(12-6)17(11-5)15(13)9-3/h7-12H2,1-6H3. The Morgan fingerprint density at radius 3 is 0.500 bits per heavy atom. The zero-order valence-corrected chi connectivity index (χ0v) is 12.9. The van der Waals surface area contributed by atoms with Gasteiger partial charge in [0.05, 0.1) is 0 Å². The van der Waals surface area contributed by atoms with Gasteiger partial charge in [0.15, 0.2) is 0 Å². The summed E-state index contributed by atoms with van der Waals surface area (Å²) in [4.78, 5) is 0. The van der Waals surface area contributed by atoms with Crippen LogP contribution in [0.2, 0.25) is 0 Å². The number of hydrazine groups is 6. The first-order valence-electron chi connectivity index (χ1n) is 7.34. The Kier molecular flexibility index (Phi) is 6.48. The number of hydrogen-bond acceptors (Lipinski definition) is 6. The number of rotatable bonds is 6. The smallest absolute Gasteiger partial charge is 0.0293 e. The molecule has 0 atom stereocenters. The molecule has 0 saturated carbocycles. The van der Waals surface area contributed by atoms with Crippen molar-refractivity contribution >= 4 is 0 Å². The fraction of sp³-hybridized carbons (Fsp3) is 1.00. The van der Waals surface area contributed by atoms with E-state index in [1.165, 1.54) is 0 Å². The maximum absolute atomic E-state index is 2.32. The number of nitrogens with zero attached hydrogens (tertiary/aromatic N) is 6. The third-order valence-electron chi connectivity index (χ3n) is 3.30. The maximum Gasteiger partial charge on any atom is 0.0293 e. The van der Waals surface area contributed by atoms with Gasteiger partial charge in [0.2, 0.25) is 0 Å². The normalized spacial score (nSPS) is 23.0. The van der Waals surface area contributed by atoms with Gasteiger partial charge >= 0.3 is 0 Å². The van der Waals surface area contributed by atoms with E-state index in [-0.39, 0.29) is 0 Å². The van der Waals surface area contributed by atoms with E-state index in [1.807, 2.05) is 0 Å². The molecule has 0 aromatic carbocycles. The van der Waals surface area contributed by atoms with Crippen LogP contribution in [-0.4, -0.2) is 70.0 Å². The lowest BCUT2D eigenvalue weighted by molar-refractivity contribution is -0.502. The van der Waals surface area contributed by atoms with Gasteiger partial charge in [-0.1, -0.05) is 0 Å². The summed E-state index contributed by atoms with van der Waals surface area (Å²) >= 11 is 0. The highest BCUT2D eigenvalue weighted by molar-refractivity contribution is 4.59. The van der Waals surface area contributed by atoms with Crippen LogP contribution in [0, 0.1) is 0 Å². The minimum absolute atomic E-state index is 0.978. The first kappa shape index (κ1) is 15.8. The molecule has 0 aromatic rings. The fourth-order valence-corrected chi connectivity index (χ4v) is 2.67. The van der Waals surface area contributed by atoms with Gasteiger partial charge in [0.1, 0.15) is 0 Å². The van der Waals surface area contributed by atoms with E-state index in [0.29, 0.717) is 0 Å². The molecule has 0 amide bonds. The van der Waals surface area contributed by atoms with Crippen LogP contribution in [0.5, 0.6) is 0 Å². The second-order valence-corrected chi connectivity index (χ2v) is 4.13. The molecule has 6 nitrogen and oxygen atoms in total. The lowest BCUT2D eigenvalue weighted by Gasteiger charge is -2.59. The Bertz CT molecular complexity index is 163. The zero-order valence-electron chi connectivity index (χ0n) is 12.9. The first-order chi connectivity index (χ1) is 8.69. The fourth-order valence-electron chi connectivity index (χ4n) is 2.67. The van der Waals surface area contributed by atoms with E-state index in [4.69, 9.17) is 0 Å². The van der Waals surface area contributed by atoms with Crippen molar-refractivity contribution in [2.45, 2.75) is 41.5 Å². The van der Waals surface area contributed by atoms with Crippen LogP contribution in [0.4, 0.5) is 0 Å². The Labute approximate surface area is 112 Å². The molecule has 1 fully saturated rings. The van der Waals surface area contributed by atoms with Crippen molar-refractivity contribution in [3.05, 3.63) is 0 Å². The Balaban J connectivity index is 3.06. The van der Waals surface area contributed by atoms with Crippen LogP contribution < -0.4 is 0 Å². The van der Waals surface area contributed by atoms with E-state index >= 15 is 0 Å². The molecule has 1 rings (SSSR count). The summed E-state index contributed by atoms with van der Waals surface area (Å²) < 4.78 is 0. The van der Waals surface area contributed by atoms with Gasteiger partial charge < -0.3 is 0 Å². The Hall–Kier alpha value is -0.240. The molecule has 6 heteroatoms. The average molecular weight is 258 g/mol. The molecular weight excluding hydrogens is 228 g/mol. The van der Waals surface area contributed by atoms with Crippen LogP contribution in [0.15, 0.2) is 0 Å². The molecule has 1 aliphatic heterocycles. The highest BCUT2D eigenvalue weighted by atomic mass is 16.3. The summed E-state index contributed by atoms with van der Waals surface area (Å²) in [5.41, 5.74) is 0. The van der Waals surface area contributed by atoms with Crippen molar-refractivity contribution in [1.82, 2.24) is 30.7 Å². The van der Waals surface area contributed by atoms with Crippen LogP contribution in [0.25, 0.3) is 0 Å². The molecule has 0 unspecified atom stereocenters. The van der Waals surface area contributed by atoms with E-state index in [0.717, 1.165) is 39.3 Å². The third-order valence-corrected chi connectivity index (χ3v) is 3.30. The van der Waals surface area contributed by atoms with Crippen molar-refractivity contribution < 1.29 is 0 Å². The third kappa shape index (κ3) is 2.68. The van der Waals surface area contributed by atoms with E-state index in [2.05, 4.69) is 72.2 Å². The molecule has 1 heterocycles. The summed E-state index contributed by atoms with van der Waals surface area (Å²) in [6.07, 6.45) is 0. The predicted molar refractivity (Wildman–Crippen MR) is 74.3 cm³/mol. The van der Waals surface area contributed by atoms with Crippen molar-refractivity contribution in [3.63, 3.8) is 0 Å². The predicted octanol–water partition coefficient (Wildman–Crippen LogP) is 1.42. The molecule has 0 aliphatic carbocycles. The minimum atomic E-state index is 0.978. The van der Waals surface area contributed by atoms with Gasteiger partial charge in [-0.15, -0.1) is 30.7 Å². The summed E-state index contributed by atoms with van der Waals surface area (Å²) in [5.74, 6) is 0. The van der Waals surface area contributed by atoms with Crippen LogP contribution in [0.3, 0.4) is 0 Å². The highest BCUT2D eigenvalue weighted by Crippen LogP contribution is 2.21. The van der Waals surface area contributed by atoms with Gasteiger partial charge in [-0.3, -0.25) is 0 Å². The topological polar surface area (TPSA) is 19.4 Å². The van der Waals surface area contributed by atoms with Gasteiger partial charge in [-0.05, 0) is 41.5 Å². The Morgan fingerprint density at radius 1 is 0.333 bits per heavy atom. The van der Waals surface area contributed by atoms with Crippen molar-refractivity contribution in [3.8, 4) is 0 Å². The van der Waals surface area contributed by atoms with Crippen LogP contribution in [0.1, 0.15) is 41.5 Å². The summed E-state index contributed by atoms with van der Waals surface area (Å²) in [6, 6.07) is 0.